The number of hydrogen-bond donors (Lipinski definition) is 2. The summed E-state index contributed by atoms with van der Waals surface area (Å²) in [6.45, 7) is 1.48. The molecular formula is C9H15NO3. The van der Waals surface area contributed by atoms with E-state index in [1.807, 2.05) is 0 Å². The number of carbonyl (C=O) groups is 1. The number of aliphatic hydroxyl groups is 1. The van der Waals surface area contributed by atoms with E-state index in [9.17, 15) is 4.79 Å². The molecule has 13 heavy (non-hydrogen) atoms. The Labute approximate surface area is 77.3 Å². The van der Waals surface area contributed by atoms with Gasteiger partial charge in [0, 0.05) is 0 Å². The molecule has 4 heteroatoms. The lowest BCUT2D eigenvalue weighted by molar-refractivity contribution is -0.129. The summed E-state index contributed by atoms with van der Waals surface area (Å²) in [5.41, 5.74) is 0. The molecule has 1 amide bonds. The van der Waals surface area contributed by atoms with E-state index in [2.05, 4.69) is 5.32 Å². The third kappa shape index (κ3) is 1.69. The molecule has 0 aromatic heterocycles. The van der Waals surface area contributed by atoms with Crippen LogP contribution in [-0.2, 0) is 9.53 Å². The summed E-state index contributed by atoms with van der Waals surface area (Å²) < 4.78 is 5.57. The third-order valence-corrected chi connectivity index (χ3v) is 2.81. The van der Waals surface area contributed by atoms with Crippen molar-refractivity contribution in [2.45, 2.75) is 50.5 Å². The summed E-state index contributed by atoms with van der Waals surface area (Å²) in [5, 5.41) is 11.8. The zero-order chi connectivity index (χ0) is 9.42. The summed E-state index contributed by atoms with van der Waals surface area (Å²) in [4.78, 5) is 11.2. The van der Waals surface area contributed by atoms with E-state index in [0.717, 1.165) is 19.3 Å². The van der Waals surface area contributed by atoms with Crippen LogP contribution in [-0.4, -0.2) is 35.4 Å². The number of rotatable bonds is 2. The molecule has 0 aliphatic carbocycles. The Hall–Kier alpha value is -0.610. The van der Waals surface area contributed by atoms with E-state index >= 15 is 0 Å². The Morgan fingerprint density at radius 2 is 2.38 bits per heavy atom. The lowest BCUT2D eigenvalue weighted by atomic mass is 9.95. The Balaban J connectivity index is 1.86. The van der Waals surface area contributed by atoms with Crippen LogP contribution in [0, 0.1) is 0 Å². The number of aliphatic hydroxyl groups excluding tert-OH is 1. The van der Waals surface area contributed by atoms with Crippen molar-refractivity contribution in [2.24, 2.45) is 0 Å². The van der Waals surface area contributed by atoms with Crippen LogP contribution in [0.15, 0.2) is 0 Å². The average molecular weight is 185 g/mol. The monoisotopic (exact) mass is 185 g/mol. The summed E-state index contributed by atoms with van der Waals surface area (Å²) in [7, 11) is 0. The molecule has 2 bridgehead atoms. The second-order valence-corrected chi connectivity index (χ2v) is 3.90. The van der Waals surface area contributed by atoms with Gasteiger partial charge in [-0.25, -0.2) is 0 Å². The second kappa shape index (κ2) is 3.27. The highest BCUT2D eigenvalue weighted by Crippen LogP contribution is 2.34. The van der Waals surface area contributed by atoms with Crippen molar-refractivity contribution < 1.29 is 14.6 Å². The predicted molar refractivity (Wildman–Crippen MR) is 46.1 cm³/mol. The first-order valence-corrected chi connectivity index (χ1v) is 4.80. The topological polar surface area (TPSA) is 58.6 Å². The van der Waals surface area contributed by atoms with E-state index < -0.39 is 6.10 Å². The van der Waals surface area contributed by atoms with Gasteiger partial charge in [0.2, 0.25) is 5.91 Å². The fraction of sp³-hybridized carbons (Fsp3) is 0.889. The van der Waals surface area contributed by atoms with Gasteiger partial charge in [0.25, 0.3) is 0 Å². The van der Waals surface area contributed by atoms with E-state index in [4.69, 9.17) is 9.84 Å². The molecule has 0 spiro atoms. The van der Waals surface area contributed by atoms with Gasteiger partial charge in [0.1, 0.15) is 6.10 Å². The van der Waals surface area contributed by atoms with Crippen LogP contribution in [0.2, 0.25) is 0 Å². The van der Waals surface area contributed by atoms with Crippen molar-refractivity contribution in [2.75, 3.05) is 0 Å². The van der Waals surface area contributed by atoms with Gasteiger partial charge in [-0.1, -0.05) is 0 Å². The fourth-order valence-corrected chi connectivity index (χ4v) is 2.09. The highest BCUT2D eigenvalue weighted by molar-refractivity contribution is 5.80. The molecule has 0 radical (unpaired) electrons. The third-order valence-electron chi connectivity index (χ3n) is 2.81. The minimum absolute atomic E-state index is 0.126. The summed E-state index contributed by atoms with van der Waals surface area (Å²) in [6.07, 6.45) is 2.67. The Bertz CT molecular complexity index is 217. The lowest BCUT2D eigenvalue weighted by Gasteiger charge is -2.20. The number of carbonyl (C=O) groups excluding carboxylic acids is 1. The summed E-state index contributed by atoms with van der Waals surface area (Å²) in [5.74, 6) is -0.291. The van der Waals surface area contributed by atoms with Crippen molar-refractivity contribution >= 4 is 5.91 Å². The van der Waals surface area contributed by atoms with Crippen molar-refractivity contribution in [3.05, 3.63) is 0 Å². The SMILES string of the molecule is C[C@H](O)C(=O)N[C@@H]1C[C@H]2CC[C@@H]1O2. The molecule has 4 atom stereocenters. The highest BCUT2D eigenvalue weighted by Gasteiger charge is 2.41. The molecule has 0 saturated carbocycles. The first-order valence-electron chi connectivity index (χ1n) is 4.80. The van der Waals surface area contributed by atoms with Gasteiger partial charge in [-0.3, -0.25) is 4.79 Å². The standard InChI is InChI=1S/C9H15NO3/c1-5(11)9(12)10-7-4-6-2-3-8(7)13-6/h5-8,11H,2-4H2,1H3,(H,10,12)/t5-,6+,7+,8-/m0/s1. The molecule has 4 nitrogen and oxygen atoms in total. The largest absolute Gasteiger partial charge is 0.384 e. The van der Waals surface area contributed by atoms with Gasteiger partial charge >= 0.3 is 0 Å². The van der Waals surface area contributed by atoms with Crippen molar-refractivity contribution in [1.82, 2.24) is 5.32 Å². The molecule has 0 aromatic rings. The predicted octanol–water partition coefficient (Wildman–Crippen LogP) is -0.197. The number of hydrogen-bond acceptors (Lipinski definition) is 3. The fourth-order valence-electron chi connectivity index (χ4n) is 2.09. The molecule has 2 N–H and O–H groups in total. The van der Waals surface area contributed by atoms with Crippen molar-refractivity contribution in [3.8, 4) is 0 Å². The van der Waals surface area contributed by atoms with Gasteiger partial charge in [0.05, 0.1) is 18.2 Å². The van der Waals surface area contributed by atoms with E-state index in [1.54, 1.807) is 0 Å². The van der Waals surface area contributed by atoms with E-state index in [1.165, 1.54) is 6.92 Å². The minimum Gasteiger partial charge on any atom is -0.384 e. The Morgan fingerprint density at radius 3 is 2.85 bits per heavy atom. The molecule has 0 unspecified atom stereocenters. The Kier molecular flexibility index (Phi) is 2.26. The molecule has 0 aromatic carbocycles. The number of amides is 1. The lowest BCUT2D eigenvalue weighted by Crippen LogP contribution is -2.45. The van der Waals surface area contributed by atoms with Gasteiger partial charge in [-0.15, -0.1) is 0 Å². The molecule has 2 fully saturated rings. The van der Waals surface area contributed by atoms with E-state index in [-0.39, 0.29) is 18.1 Å². The highest BCUT2D eigenvalue weighted by atomic mass is 16.5. The number of nitrogens with one attached hydrogen (secondary N) is 1. The Morgan fingerprint density at radius 1 is 1.62 bits per heavy atom. The number of ether oxygens (including phenoxy) is 1. The molecule has 2 saturated heterocycles. The second-order valence-electron chi connectivity index (χ2n) is 3.90. The maximum Gasteiger partial charge on any atom is 0.248 e. The summed E-state index contributed by atoms with van der Waals surface area (Å²) in [6, 6.07) is 0.126. The maximum atomic E-state index is 11.2. The first kappa shape index (κ1) is 8.97. The molecule has 74 valence electrons. The van der Waals surface area contributed by atoms with Gasteiger partial charge < -0.3 is 15.2 Å². The van der Waals surface area contributed by atoms with Gasteiger partial charge in [-0.05, 0) is 26.2 Å². The molecule has 2 aliphatic heterocycles. The van der Waals surface area contributed by atoms with Crippen LogP contribution in [0.5, 0.6) is 0 Å². The van der Waals surface area contributed by atoms with Crippen molar-refractivity contribution in [1.29, 1.82) is 0 Å². The van der Waals surface area contributed by atoms with Crippen LogP contribution < -0.4 is 5.32 Å². The quantitative estimate of drug-likeness (QED) is 0.626. The average Bonchev–Trinajstić information content (AvgIpc) is 2.64. The van der Waals surface area contributed by atoms with Crippen LogP contribution in [0.25, 0.3) is 0 Å². The minimum atomic E-state index is -0.917. The van der Waals surface area contributed by atoms with Crippen LogP contribution in [0.1, 0.15) is 26.2 Å². The normalized spacial score (nSPS) is 39.1. The van der Waals surface area contributed by atoms with Gasteiger partial charge in [0.15, 0.2) is 0 Å². The molecule has 2 heterocycles. The van der Waals surface area contributed by atoms with Crippen LogP contribution >= 0.6 is 0 Å². The van der Waals surface area contributed by atoms with E-state index in [0.29, 0.717) is 6.10 Å². The first-order chi connectivity index (χ1) is 6.16. The van der Waals surface area contributed by atoms with Crippen LogP contribution in [0.4, 0.5) is 0 Å². The zero-order valence-corrected chi connectivity index (χ0v) is 7.69. The van der Waals surface area contributed by atoms with Crippen molar-refractivity contribution in [3.63, 3.8) is 0 Å². The maximum absolute atomic E-state index is 11.2. The molecule has 2 aliphatic rings. The van der Waals surface area contributed by atoms with Crippen LogP contribution in [0.3, 0.4) is 0 Å². The van der Waals surface area contributed by atoms with Gasteiger partial charge in [-0.2, -0.15) is 0 Å². The molecular weight excluding hydrogens is 170 g/mol. The smallest absolute Gasteiger partial charge is 0.248 e. The summed E-state index contributed by atoms with van der Waals surface area (Å²) >= 11 is 0. The zero-order valence-electron chi connectivity index (χ0n) is 7.69. The number of fused-ring (bicyclic) bond motifs is 2. The molecule has 2 rings (SSSR count).